The van der Waals surface area contributed by atoms with E-state index in [9.17, 15) is 18.3 Å². The van der Waals surface area contributed by atoms with Crippen molar-refractivity contribution in [1.82, 2.24) is 14.5 Å². The average Bonchev–Trinajstić information content (AvgIpc) is 2.85. The number of carboxylic acids is 1. The quantitative estimate of drug-likeness (QED) is 0.797. The van der Waals surface area contributed by atoms with Crippen molar-refractivity contribution in [3.05, 3.63) is 12.4 Å². The lowest BCUT2D eigenvalue weighted by molar-refractivity contribution is -0.146. The van der Waals surface area contributed by atoms with Gasteiger partial charge in [0.2, 0.25) is 10.0 Å². The highest BCUT2D eigenvalue weighted by Crippen LogP contribution is 2.34. The summed E-state index contributed by atoms with van der Waals surface area (Å²) in [6, 6.07) is 0. The van der Waals surface area contributed by atoms with Gasteiger partial charge in [-0.3, -0.25) is 9.89 Å². The number of carboxylic acid groups (broad SMARTS) is 1. The molecule has 1 saturated heterocycles. The Labute approximate surface area is 98.5 Å². The van der Waals surface area contributed by atoms with Gasteiger partial charge in [0, 0.05) is 12.7 Å². The highest BCUT2D eigenvalue weighted by Gasteiger charge is 2.49. The summed E-state index contributed by atoms with van der Waals surface area (Å²) in [5, 5.41) is 15.2. The summed E-state index contributed by atoms with van der Waals surface area (Å²) in [6.07, 6.45) is 3.28. The number of aromatic amines is 1. The minimum absolute atomic E-state index is 0.00752. The van der Waals surface area contributed by atoms with Crippen LogP contribution in [0.15, 0.2) is 17.3 Å². The molecular weight excluding hydrogens is 246 g/mol. The van der Waals surface area contributed by atoms with Gasteiger partial charge in [-0.25, -0.2) is 8.42 Å². The first-order valence-corrected chi connectivity index (χ1v) is 6.58. The fourth-order valence-electron chi connectivity index (χ4n) is 2.04. The molecule has 0 bridgehead atoms. The number of hydrogen-bond donors (Lipinski definition) is 2. The molecule has 0 spiro atoms. The van der Waals surface area contributed by atoms with Crippen molar-refractivity contribution >= 4 is 16.0 Å². The predicted octanol–water partition coefficient (Wildman–Crippen LogP) is 0.0375. The summed E-state index contributed by atoms with van der Waals surface area (Å²) in [5.74, 6) is -1.12. The number of nitrogens with one attached hydrogen (secondary N) is 1. The van der Waals surface area contributed by atoms with E-state index in [0.717, 1.165) is 4.31 Å². The van der Waals surface area contributed by atoms with Crippen LogP contribution in [0, 0.1) is 0 Å². The van der Waals surface area contributed by atoms with E-state index in [1.807, 2.05) is 0 Å². The van der Waals surface area contributed by atoms with E-state index in [1.54, 1.807) is 0 Å². The van der Waals surface area contributed by atoms with Crippen molar-refractivity contribution < 1.29 is 18.3 Å². The topological polar surface area (TPSA) is 103 Å². The maximum atomic E-state index is 12.2. The molecule has 94 valence electrons. The van der Waals surface area contributed by atoms with E-state index >= 15 is 0 Å². The first-order chi connectivity index (χ1) is 7.89. The third-order valence-electron chi connectivity index (χ3n) is 3.10. The van der Waals surface area contributed by atoms with E-state index in [-0.39, 0.29) is 11.4 Å². The first kappa shape index (κ1) is 12.1. The molecule has 1 aromatic heterocycles. The Morgan fingerprint density at radius 1 is 1.65 bits per heavy atom. The lowest BCUT2D eigenvalue weighted by atomic mass is 10.0. The normalized spacial score (nSPS) is 26.2. The van der Waals surface area contributed by atoms with Crippen LogP contribution in [0.3, 0.4) is 0 Å². The third-order valence-corrected chi connectivity index (χ3v) is 5.08. The van der Waals surface area contributed by atoms with Crippen LogP contribution in [0.4, 0.5) is 0 Å². The second-order valence-electron chi connectivity index (χ2n) is 4.19. The molecule has 2 rings (SSSR count). The zero-order valence-electron chi connectivity index (χ0n) is 9.25. The molecule has 1 atom stereocenters. The van der Waals surface area contributed by atoms with Crippen molar-refractivity contribution in [2.75, 3.05) is 6.54 Å². The molecular formula is C9H13N3O4S. The van der Waals surface area contributed by atoms with Gasteiger partial charge in [0.1, 0.15) is 10.4 Å². The van der Waals surface area contributed by atoms with Gasteiger partial charge >= 0.3 is 5.97 Å². The monoisotopic (exact) mass is 259 g/mol. The second kappa shape index (κ2) is 3.81. The summed E-state index contributed by atoms with van der Waals surface area (Å²) < 4.78 is 25.5. The number of H-pyrrole nitrogens is 1. The molecule has 8 heteroatoms. The Hall–Kier alpha value is -1.41. The average molecular weight is 259 g/mol. The molecule has 1 fully saturated rings. The van der Waals surface area contributed by atoms with Crippen LogP contribution < -0.4 is 0 Å². The van der Waals surface area contributed by atoms with Crippen LogP contribution in [0.5, 0.6) is 0 Å². The van der Waals surface area contributed by atoms with Crippen LogP contribution in [-0.2, 0) is 14.8 Å². The van der Waals surface area contributed by atoms with E-state index < -0.39 is 21.5 Å². The van der Waals surface area contributed by atoms with Gasteiger partial charge in [0.05, 0.1) is 6.20 Å². The second-order valence-corrected chi connectivity index (χ2v) is 6.06. The van der Waals surface area contributed by atoms with Gasteiger partial charge in [-0.05, 0) is 19.8 Å². The molecule has 1 aliphatic heterocycles. The third kappa shape index (κ3) is 1.73. The van der Waals surface area contributed by atoms with Crippen molar-refractivity contribution in [3.8, 4) is 0 Å². The van der Waals surface area contributed by atoms with Crippen molar-refractivity contribution in [2.45, 2.75) is 30.2 Å². The number of rotatable bonds is 3. The SMILES string of the molecule is CC1(C(=O)O)CCCN1S(=O)(=O)c1cn[nH]c1. The fraction of sp³-hybridized carbons (Fsp3) is 0.556. The summed E-state index contributed by atoms with van der Waals surface area (Å²) >= 11 is 0. The Bertz CT molecular complexity index is 524. The number of aliphatic carboxylic acids is 1. The molecule has 2 heterocycles. The van der Waals surface area contributed by atoms with Crippen molar-refractivity contribution in [3.63, 3.8) is 0 Å². The van der Waals surface area contributed by atoms with Gasteiger partial charge in [-0.15, -0.1) is 0 Å². The van der Waals surface area contributed by atoms with E-state index in [4.69, 9.17) is 0 Å². The summed E-state index contributed by atoms with van der Waals surface area (Å²) in [4.78, 5) is 11.2. The smallest absolute Gasteiger partial charge is 0.324 e. The fourth-order valence-corrected chi connectivity index (χ4v) is 3.76. The summed E-state index contributed by atoms with van der Waals surface area (Å²) in [6.45, 7) is 1.65. The molecule has 0 aromatic carbocycles. The van der Waals surface area contributed by atoms with Crippen molar-refractivity contribution in [1.29, 1.82) is 0 Å². The van der Waals surface area contributed by atoms with E-state index in [0.29, 0.717) is 12.8 Å². The number of hydrogen-bond acceptors (Lipinski definition) is 4. The molecule has 17 heavy (non-hydrogen) atoms. The standard InChI is InChI=1S/C9H13N3O4S/c1-9(8(13)14)3-2-4-12(9)17(15,16)7-5-10-11-6-7/h5-6H,2-4H2,1H3,(H,10,11)(H,13,14). The Kier molecular flexibility index (Phi) is 2.70. The van der Waals surface area contributed by atoms with E-state index in [2.05, 4.69) is 10.2 Å². The predicted molar refractivity (Wildman–Crippen MR) is 57.8 cm³/mol. The first-order valence-electron chi connectivity index (χ1n) is 5.14. The largest absolute Gasteiger partial charge is 0.480 e. The molecule has 1 unspecified atom stereocenters. The molecule has 0 saturated carbocycles. The lowest BCUT2D eigenvalue weighted by Crippen LogP contribution is -2.50. The highest BCUT2D eigenvalue weighted by molar-refractivity contribution is 7.89. The van der Waals surface area contributed by atoms with Crippen LogP contribution in [-0.4, -0.2) is 46.1 Å². The van der Waals surface area contributed by atoms with Crippen LogP contribution in [0.25, 0.3) is 0 Å². The van der Waals surface area contributed by atoms with Gasteiger partial charge in [-0.1, -0.05) is 0 Å². The maximum Gasteiger partial charge on any atom is 0.324 e. The van der Waals surface area contributed by atoms with Crippen LogP contribution >= 0.6 is 0 Å². The Balaban J connectivity index is 2.44. The summed E-state index contributed by atoms with van der Waals surface area (Å²) in [5.41, 5.74) is -1.36. The molecule has 2 N–H and O–H groups in total. The van der Waals surface area contributed by atoms with Gasteiger partial charge < -0.3 is 5.11 Å². The minimum Gasteiger partial charge on any atom is -0.480 e. The molecule has 0 aliphatic carbocycles. The molecule has 1 aromatic rings. The highest BCUT2D eigenvalue weighted by atomic mass is 32.2. The van der Waals surface area contributed by atoms with Crippen LogP contribution in [0.1, 0.15) is 19.8 Å². The molecule has 0 radical (unpaired) electrons. The number of carbonyl (C=O) groups is 1. The zero-order valence-corrected chi connectivity index (χ0v) is 10.1. The van der Waals surface area contributed by atoms with Gasteiger partial charge in [0.15, 0.2) is 0 Å². The maximum absolute atomic E-state index is 12.2. The van der Waals surface area contributed by atoms with Crippen molar-refractivity contribution in [2.24, 2.45) is 0 Å². The molecule has 1 aliphatic rings. The van der Waals surface area contributed by atoms with E-state index in [1.165, 1.54) is 19.3 Å². The summed E-state index contributed by atoms with van der Waals surface area (Å²) in [7, 11) is -3.79. The minimum atomic E-state index is -3.79. The lowest BCUT2D eigenvalue weighted by Gasteiger charge is -2.29. The Morgan fingerprint density at radius 2 is 2.35 bits per heavy atom. The zero-order chi connectivity index (χ0) is 12.7. The Morgan fingerprint density at radius 3 is 2.88 bits per heavy atom. The molecule has 7 nitrogen and oxygen atoms in total. The van der Waals surface area contributed by atoms with Crippen LogP contribution in [0.2, 0.25) is 0 Å². The molecule has 0 amide bonds. The number of aromatic nitrogens is 2. The van der Waals surface area contributed by atoms with Gasteiger partial charge in [0.25, 0.3) is 0 Å². The van der Waals surface area contributed by atoms with Gasteiger partial charge in [-0.2, -0.15) is 9.40 Å². The number of nitrogens with zero attached hydrogens (tertiary/aromatic N) is 2. The number of sulfonamides is 1.